The van der Waals surface area contributed by atoms with Gasteiger partial charge in [0.2, 0.25) is 10.0 Å². The van der Waals surface area contributed by atoms with Gasteiger partial charge in [0.25, 0.3) is 5.91 Å². The maximum absolute atomic E-state index is 12.6. The molecule has 0 aliphatic carbocycles. The molecule has 8 heteroatoms. The molecule has 3 rings (SSSR count). The van der Waals surface area contributed by atoms with E-state index in [9.17, 15) is 13.2 Å². The van der Waals surface area contributed by atoms with E-state index in [1.807, 2.05) is 43.3 Å². The van der Waals surface area contributed by atoms with Gasteiger partial charge in [-0.1, -0.05) is 18.2 Å². The van der Waals surface area contributed by atoms with Crippen molar-refractivity contribution in [2.24, 2.45) is 5.10 Å². The van der Waals surface area contributed by atoms with Crippen molar-refractivity contribution in [3.63, 3.8) is 0 Å². The monoisotopic (exact) mass is 400 g/mol. The molecule has 7 nitrogen and oxygen atoms in total. The van der Waals surface area contributed by atoms with Gasteiger partial charge in [-0.3, -0.25) is 4.79 Å². The van der Waals surface area contributed by atoms with Crippen LogP contribution in [0.15, 0.2) is 58.5 Å². The van der Waals surface area contributed by atoms with Gasteiger partial charge in [-0.2, -0.15) is 9.41 Å². The molecule has 28 heavy (non-hydrogen) atoms. The number of carbonyl (C=O) groups excluding carboxylic acids is 1. The second kappa shape index (κ2) is 8.53. The molecular weight excluding hydrogens is 376 g/mol. The lowest BCUT2D eigenvalue weighted by molar-refractivity contribution is 0.0955. The number of nitrogens with zero attached hydrogens (tertiary/aromatic N) is 3. The smallest absolute Gasteiger partial charge is 0.271 e. The first kappa shape index (κ1) is 20.0. The van der Waals surface area contributed by atoms with Gasteiger partial charge in [0.15, 0.2) is 0 Å². The molecule has 1 N–H and O–H groups in total. The van der Waals surface area contributed by atoms with Crippen molar-refractivity contribution in [3.05, 3.63) is 59.7 Å². The Hall–Kier alpha value is -2.71. The third-order valence-corrected chi connectivity index (χ3v) is 6.48. The van der Waals surface area contributed by atoms with Gasteiger partial charge in [0.05, 0.1) is 11.1 Å². The summed E-state index contributed by atoms with van der Waals surface area (Å²) in [6.07, 6.45) is 3.27. The predicted octanol–water partition coefficient (Wildman–Crippen LogP) is 2.30. The fourth-order valence-corrected chi connectivity index (χ4v) is 4.53. The van der Waals surface area contributed by atoms with Gasteiger partial charge in [0.1, 0.15) is 0 Å². The van der Waals surface area contributed by atoms with E-state index in [0.717, 1.165) is 24.1 Å². The number of amides is 1. The quantitative estimate of drug-likeness (QED) is 0.596. The number of rotatable bonds is 6. The van der Waals surface area contributed by atoms with Crippen LogP contribution in [0.1, 0.15) is 28.8 Å². The van der Waals surface area contributed by atoms with Crippen LogP contribution >= 0.6 is 0 Å². The number of sulfonamides is 1. The predicted molar refractivity (Wildman–Crippen MR) is 110 cm³/mol. The number of hydrogen-bond donors (Lipinski definition) is 1. The topological polar surface area (TPSA) is 82.1 Å². The Morgan fingerprint density at radius 1 is 1.11 bits per heavy atom. The number of anilines is 1. The van der Waals surface area contributed by atoms with Crippen LogP contribution in [0.5, 0.6) is 0 Å². The van der Waals surface area contributed by atoms with E-state index in [1.165, 1.54) is 16.4 Å². The van der Waals surface area contributed by atoms with Gasteiger partial charge >= 0.3 is 0 Å². The highest BCUT2D eigenvalue weighted by molar-refractivity contribution is 7.89. The summed E-state index contributed by atoms with van der Waals surface area (Å²) in [6, 6.07) is 13.7. The van der Waals surface area contributed by atoms with Crippen LogP contribution in [-0.4, -0.2) is 52.0 Å². The van der Waals surface area contributed by atoms with Crippen LogP contribution in [0.25, 0.3) is 0 Å². The zero-order valence-electron chi connectivity index (χ0n) is 16.0. The minimum atomic E-state index is -3.56. The average molecular weight is 401 g/mol. The molecule has 1 heterocycles. The Labute approximate surface area is 165 Å². The Morgan fingerprint density at radius 2 is 1.79 bits per heavy atom. The standard InChI is InChI=1S/C20H24N4O3S/c1-23(2)18-10-8-16(9-11-18)15-21-22-20(25)17-6-5-7-19(14-17)28(26,27)24-12-3-4-13-24/h5-11,14-15H,3-4,12-13H2,1-2H3,(H,22,25)/b21-15-. The third kappa shape index (κ3) is 4.58. The van der Waals surface area contributed by atoms with Gasteiger partial charge in [-0.15, -0.1) is 0 Å². The molecule has 148 valence electrons. The number of carbonyl (C=O) groups is 1. The zero-order chi connectivity index (χ0) is 20.1. The molecule has 0 aromatic heterocycles. The summed E-state index contributed by atoms with van der Waals surface area (Å²) >= 11 is 0. The van der Waals surface area contributed by atoms with Gasteiger partial charge in [-0.25, -0.2) is 13.8 Å². The molecular formula is C20H24N4O3S. The molecule has 2 aromatic carbocycles. The summed E-state index contributed by atoms with van der Waals surface area (Å²) in [6.45, 7) is 1.05. The highest BCUT2D eigenvalue weighted by Gasteiger charge is 2.27. The molecule has 1 saturated heterocycles. The fourth-order valence-electron chi connectivity index (χ4n) is 2.96. The van der Waals surface area contributed by atoms with Crippen LogP contribution in [0.4, 0.5) is 5.69 Å². The SMILES string of the molecule is CN(C)c1ccc(/C=N\NC(=O)c2cccc(S(=O)(=O)N3CCCC3)c2)cc1. The van der Waals surface area contributed by atoms with Crippen molar-refractivity contribution in [2.75, 3.05) is 32.1 Å². The molecule has 1 aliphatic rings. The van der Waals surface area contributed by atoms with Crippen molar-refractivity contribution < 1.29 is 13.2 Å². The molecule has 1 fully saturated rings. The van der Waals surface area contributed by atoms with Crippen LogP contribution in [-0.2, 0) is 10.0 Å². The number of hydrogen-bond acceptors (Lipinski definition) is 5. The van der Waals surface area contributed by atoms with Crippen molar-refractivity contribution in [3.8, 4) is 0 Å². The van der Waals surface area contributed by atoms with Crippen LogP contribution < -0.4 is 10.3 Å². The zero-order valence-corrected chi connectivity index (χ0v) is 16.8. The van der Waals surface area contributed by atoms with E-state index in [4.69, 9.17) is 0 Å². The number of benzene rings is 2. The molecule has 0 atom stereocenters. The molecule has 0 saturated carbocycles. The Kier molecular flexibility index (Phi) is 6.11. The molecule has 1 amide bonds. The lowest BCUT2D eigenvalue weighted by Gasteiger charge is -2.15. The normalized spacial score (nSPS) is 15.1. The molecule has 2 aromatic rings. The summed E-state index contributed by atoms with van der Waals surface area (Å²) in [5.74, 6) is -0.459. The highest BCUT2D eigenvalue weighted by Crippen LogP contribution is 2.21. The van der Waals surface area contributed by atoms with E-state index < -0.39 is 15.9 Å². The Morgan fingerprint density at radius 3 is 2.43 bits per heavy atom. The Balaban J connectivity index is 1.67. The lowest BCUT2D eigenvalue weighted by atomic mass is 10.2. The van der Waals surface area contributed by atoms with E-state index in [-0.39, 0.29) is 10.5 Å². The summed E-state index contributed by atoms with van der Waals surface area (Å²) in [7, 11) is 0.361. The molecule has 0 bridgehead atoms. The van der Waals surface area contributed by atoms with Gasteiger partial charge < -0.3 is 4.90 Å². The summed E-state index contributed by atoms with van der Waals surface area (Å²) < 4.78 is 26.7. The van der Waals surface area contributed by atoms with Crippen molar-refractivity contribution >= 4 is 27.8 Å². The number of hydrazone groups is 1. The second-order valence-corrected chi connectivity index (χ2v) is 8.76. The first-order valence-electron chi connectivity index (χ1n) is 9.09. The number of nitrogens with one attached hydrogen (secondary N) is 1. The second-order valence-electron chi connectivity index (χ2n) is 6.82. The lowest BCUT2D eigenvalue weighted by Crippen LogP contribution is -2.28. The highest BCUT2D eigenvalue weighted by atomic mass is 32.2. The minimum absolute atomic E-state index is 0.130. The van der Waals surface area contributed by atoms with Crippen molar-refractivity contribution in [1.29, 1.82) is 0 Å². The van der Waals surface area contributed by atoms with Crippen LogP contribution in [0.3, 0.4) is 0 Å². The van der Waals surface area contributed by atoms with E-state index in [1.54, 1.807) is 18.3 Å². The van der Waals surface area contributed by atoms with Crippen LogP contribution in [0.2, 0.25) is 0 Å². The third-order valence-electron chi connectivity index (χ3n) is 4.59. The van der Waals surface area contributed by atoms with Crippen LogP contribution in [0, 0.1) is 0 Å². The molecule has 0 unspecified atom stereocenters. The maximum Gasteiger partial charge on any atom is 0.271 e. The minimum Gasteiger partial charge on any atom is -0.378 e. The van der Waals surface area contributed by atoms with Crippen molar-refractivity contribution in [1.82, 2.24) is 9.73 Å². The first-order chi connectivity index (χ1) is 13.4. The summed E-state index contributed by atoms with van der Waals surface area (Å²) in [4.78, 5) is 14.5. The van der Waals surface area contributed by atoms with E-state index >= 15 is 0 Å². The summed E-state index contributed by atoms with van der Waals surface area (Å²) in [5, 5.41) is 3.96. The van der Waals surface area contributed by atoms with E-state index in [2.05, 4.69) is 10.5 Å². The molecule has 1 aliphatic heterocycles. The average Bonchev–Trinajstić information content (AvgIpc) is 3.24. The summed E-state index contributed by atoms with van der Waals surface area (Å²) in [5.41, 5.74) is 4.61. The first-order valence-corrected chi connectivity index (χ1v) is 10.5. The fraction of sp³-hybridized carbons (Fsp3) is 0.300. The molecule has 0 spiro atoms. The maximum atomic E-state index is 12.6. The van der Waals surface area contributed by atoms with Gasteiger partial charge in [0, 0.05) is 38.4 Å². The van der Waals surface area contributed by atoms with Gasteiger partial charge in [-0.05, 0) is 48.7 Å². The van der Waals surface area contributed by atoms with Crippen molar-refractivity contribution in [2.45, 2.75) is 17.7 Å². The Bertz CT molecular complexity index is 963. The molecule has 0 radical (unpaired) electrons. The van der Waals surface area contributed by atoms with E-state index in [0.29, 0.717) is 13.1 Å². The largest absolute Gasteiger partial charge is 0.378 e.